The molecule has 0 bridgehead atoms. The lowest BCUT2D eigenvalue weighted by Crippen LogP contribution is -2.21. The van der Waals surface area contributed by atoms with Crippen LogP contribution < -0.4 is 0 Å². The molecular formula is C9H16O. The Labute approximate surface area is 62.8 Å². The summed E-state index contributed by atoms with van der Waals surface area (Å²) in [5, 5.41) is 9.01. The third kappa shape index (κ3) is 1.10. The second-order valence-corrected chi connectivity index (χ2v) is 3.88. The fraction of sp³-hybridized carbons (Fsp3) is 0.778. The Morgan fingerprint density at radius 2 is 2.30 bits per heavy atom. The summed E-state index contributed by atoms with van der Waals surface area (Å²) in [7, 11) is 0. The highest BCUT2D eigenvalue weighted by atomic mass is 16.3. The molecule has 1 saturated carbocycles. The monoisotopic (exact) mass is 140 g/mol. The number of hydrogen-bond donors (Lipinski definition) is 1. The standard InChI is InChI=1S/C9H16O/c1-7-4-5-9(2,3)8(7)6-10/h8,10H,1,4-6H2,2-3H3/t8-/m1/s1. The normalized spacial score (nSPS) is 31.1. The molecule has 0 spiro atoms. The Morgan fingerprint density at radius 3 is 2.50 bits per heavy atom. The quantitative estimate of drug-likeness (QED) is 0.552. The molecule has 0 amide bonds. The van der Waals surface area contributed by atoms with Crippen molar-refractivity contribution in [2.75, 3.05) is 6.61 Å². The molecule has 0 saturated heterocycles. The van der Waals surface area contributed by atoms with E-state index in [0.29, 0.717) is 5.92 Å². The van der Waals surface area contributed by atoms with Crippen LogP contribution in [0.4, 0.5) is 0 Å². The molecule has 1 N–H and O–H groups in total. The molecule has 10 heavy (non-hydrogen) atoms. The molecule has 0 heterocycles. The van der Waals surface area contributed by atoms with Crippen molar-refractivity contribution >= 4 is 0 Å². The summed E-state index contributed by atoms with van der Waals surface area (Å²) in [6.07, 6.45) is 2.27. The predicted octanol–water partition coefficient (Wildman–Crippen LogP) is 1.97. The zero-order valence-electron chi connectivity index (χ0n) is 6.85. The van der Waals surface area contributed by atoms with Gasteiger partial charge in [-0.15, -0.1) is 0 Å². The largest absolute Gasteiger partial charge is 0.396 e. The Hall–Kier alpha value is -0.300. The number of hydrogen-bond acceptors (Lipinski definition) is 1. The topological polar surface area (TPSA) is 20.2 Å². The van der Waals surface area contributed by atoms with Crippen molar-refractivity contribution in [3.05, 3.63) is 12.2 Å². The maximum Gasteiger partial charge on any atom is 0.0501 e. The van der Waals surface area contributed by atoms with Crippen molar-refractivity contribution < 1.29 is 5.11 Å². The maximum absolute atomic E-state index is 9.01. The predicted molar refractivity (Wildman–Crippen MR) is 42.7 cm³/mol. The molecule has 0 aromatic rings. The molecule has 1 aliphatic rings. The van der Waals surface area contributed by atoms with E-state index < -0.39 is 0 Å². The fourth-order valence-corrected chi connectivity index (χ4v) is 1.76. The van der Waals surface area contributed by atoms with E-state index in [1.807, 2.05) is 0 Å². The van der Waals surface area contributed by atoms with Crippen molar-refractivity contribution in [3.63, 3.8) is 0 Å². The molecule has 1 heteroatoms. The van der Waals surface area contributed by atoms with Crippen LogP contribution in [0.25, 0.3) is 0 Å². The Bertz CT molecular complexity index is 147. The Kier molecular flexibility index (Phi) is 1.86. The van der Waals surface area contributed by atoms with Gasteiger partial charge in [0.1, 0.15) is 0 Å². The zero-order valence-corrected chi connectivity index (χ0v) is 6.85. The van der Waals surface area contributed by atoms with Gasteiger partial charge in [-0.3, -0.25) is 0 Å². The number of aliphatic hydroxyl groups is 1. The van der Waals surface area contributed by atoms with Gasteiger partial charge in [0, 0.05) is 5.92 Å². The summed E-state index contributed by atoms with van der Waals surface area (Å²) < 4.78 is 0. The SMILES string of the molecule is C=C1CCC(C)(C)[C@@H]1CO. The summed E-state index contributed by atoms with van der Waals surface area (Å²) in [6.45, 7) is 8.61. The second kappa shape index (κ2) is 2.39. The molecule has 0 unspecified atom stereocenters. The molecule has 0 aromatic heterocycles. The molecule has 58 valence electrons. The van der Waals surface area contributed by atoms with E-state index in [1.165, 1.54) is 12.0 Å². The molecule has 0 aliphatic heterocycles. The molecule has 1 nitrogen and oxygen atoms in total. The van der Waals surface area contributed by atoms with Crippen molar-refractivity contribution in [2.24, 2.45) is 11.3 Å². The van der Waals surface area contributed by atoms with Crippen LogP contribution in [-0.2, 0) is 0 Å². The maximum atomic E-state index is 9.01. The van der Waals surface area contributed by atoms with E-state index in [4.69, 9.17) is 5.11 Å². The minimum absolute atomic E-state index is 0.270. The Morgan fingerprint density at radius 1 is 1.70 bits per heavy atom. The van der Waals surface area contributed by atoms with Crippen LogP contribution in [-0.4, -0.2) is 11.7 Å². The van der Waals surface area contributed by atoms with Gasteiger partial charge in [0.25, 0.3) is 0 Å². The van der Waals surface area contributed by atoms with Crippen LogP contribution in [0.15, 0.2) is 12.2 Å². The van der Waals surface area contributed by atoms with E-state index in [2.05, 4.69) is 20.4 Å². The van der Waals surface area contributed by atoms with E-state index in [0.717, 1.165) is 6.42 Å². The molecular weight excluding hydrogens is 124 g/mol. The summed E-state index contributed by atoms with van der Waals surface area (Å²) >= 11 is 0. The average molecular weight is 140 g/mol. The third-order valence-corrected chi connectivity index (χ3v) is 2.71. The minimum atomic E-state index is 0.270. The first kappa shape index (κ1) is 7.80. The van der Waals surface area contributed by atoms with Crippen molar-refractivity contribution in [2.45, 2.75) is 26.7 Å². The summed E-state index contributed by atoms with van der Waals surface area (Å²) in [6, 6.07) is 0. The van der Waals surface area contributed by atoms with E-state index in [9.17, 15) is 0 Å². The van der Waals surface area contributed by atoms with Gasteiger partial charge in [-0.05, 0) is 18.3 Å². The Balaban J connectivity index is 2.73. The summed E-state index contributed by atoms with van der Waals surface area (Å²) in [5.74, 6) is 0.340. The number of rotatable bonds is 1. The first-order valence-corrected chi connectivity index (χ1v) is 3.86. The van der Waals surface area contributed by atoms with E-state index in [1.54, 1.807) is 0 Å². The van der Waals surface area contributed by atoms with E-state index in [-0.39, 0.29) is 12.0 Å². The van der Waals surface area contributed by atoms with Gasteiger partial charge in [0.15, 0.2) is 0 Å². The average Bonchev–Trinajstić information content (AvgIpc) is 2.07. The van der Waals surface area contributed by atoms with Gasteiger partial charge >= 0.3 is 0 Å². The van der Waals surface area contributed by atoms with Crippen LogP contribution in [0.5, 0.6) is 0 Å². The van der Waals surface area contributed by atoms with Crippen LogP contribution in [0.1, 0.15) is 26.7 Å². The van der Waals surface area contributed by atoms with Gasteiger partial charge < -0.3 is 5.11 Å². The molecule has 1 fully saturated rings. The lowest BCUT2D eigenvalue weighted by Gasteiger charge is -2.25. The second-order valence-electron chi connectivity index (χ2n) is 3.88. The molecule has 1 aliphatic carbocycles. The van der Waals surface area contributed by atoms with Crippen LogP contribution >= 0.6 is 0 Å². The summed E-state index contributed by atoms with van der Waals surface area (Å²) in [4.78, 5) is 0. The first-order valence-electron chi connectivity index (χ1n) is 3.86. The van der Waals surface area contributed by atoms with Gasteiger partial charge in [-0.2, -0.15) is 0 Å². The van der Waals surface area contributed by atoms with E-state index >= 15 is 0 Å². The molecule has 0 aromatic carbocycles. The molecule has 0 radical (unpaired) electrons. The molecule has 1 rings (SSSR count). The number of aliphatic hydroxyl groups excluding tert-OH is 1. The van der Waals surface area contributed by atoms with Crippen LogP contribution in [0.3, 0.4) is 0 Å². The van der Waals surface area contributed by atoms with Gasteiger partial charge in [0.2, 0.25) is 0 Å². The fourth-order valence-electron chi connectivity index (χ4n) is 1.76. The van der Waals surface area contributed by atoms with Gasteiger partial charge in [-0.25, -0.2) is 0 Å². The summed E-state index contributed by atoms with van der Waals surface area (Å²) in [5.41, 5.74) is 1.51. The lowest BCUT2D eigenvalue weighted by molar-refractivity contribution is 0.165. The highest BCUT2D eigenvalue weighted by Gasteiger charge is 2.36. The highest BCUT2D eigenvalue weighted by Crippen LogP contribution is 2.44. The van der Waals surface area contributed by atoms with Crippen molar-refractivity contribution in [1.82, 2.24) is 0 Å². The van der Waals surface area contributed by atoms with Crippen molar-refractivity contribution in [1.29, 1.82) is 0 Å². The van der Waals surface area contributed by atoms with Crippen LogP contribution in [0.2, 0.25) is 0 Å². The van der Waals surface area contributed by atoms with Gasteiger partial charge in [0.05, 0.1) is 6.61 Å². The first-order chi connectivity index (χ1) is 4.58. The minimum Gasteiger partial charge on any atom is -0.396 e. The highest BCUT2D eigenvalue weighted by molar-refractivity contribution is 5.12. The lowest BCUT2D eigenvalue weighted by atomic mass is 9.81. The smallest absolute Gasteiger partial charge is 0.0501 e. The van der Waals surface area contributed by atoms with Gasteiger partial charge in [-0.1, -0.05) is 26.0 Å². The molecule has 1 atom stereocenters. The zero-order chi connectivity index (χ0) is 7.78. The third-order valence-electron chi connectivity index (χ3n) is 2.71. The van der Waals surface area contributed by atoms with Crippen LogP contribution in [0, 0.1) is 11.3 Å². The van der Waals surface area contributed by atoms with Crippen molar-refractivity contribution in [3.8, 4) is 0 Å².